The SMILES string of the molecule is CC(C)C(NC(=O)C(N)CC(=O)O)C(=O)NC(Cc1ccc(O)cc1)C(=O)O. The molecule has 3 atom stereocenters. The molecule has 28 heavy (non-hydrogen) atoms. The quantitative estimate of drug-likeness (QED) is 0.305. The molecule has 1 aromatic carbocycles. The maximum absolute atomic E-state index is 12.5. The van der Waals surface area contributed by atoms with Crippen molar-refractivity contribution in [2.24, 2.45) is 11.7 Å². The van der Waals surface area contributed by atoms with Crippen LogP contribution in [0.15, 0.2) is 24.3 Å². The predicted molar refractivity (Wildman–Crippen MR) is 98.4 cm³/mol. The second-order valence-corrected chi connectivity index (χ2v) is 6.70. The van der Waals surface area contributed by atoms with Gasteiger partial charge in [-0.25, -0.2) is 4.79 Å². The van der Waals surface area contributed by atoms with Gasteiger partial charge in [0.2, 0.25) is 11.8 Å². The van der Waals surface area contributed by atoms with Gasteiger partial charge in [-0.05, 0) is 23.6 Å². The van der Waals surface area contributed by atoms with E-state index in [9.17, 15) is 29.4 Å². The first-order valence-corrected chi connectivity index (χ1v) is 8.60. The Kier molecular flexibility index (Phi) is 8.39. The van der Waals surface area contributed by atoms with E-state index in [0.29, 0.717) is 5.56 Å². The van der Waals surface area contributed by atoms with E-state index in [-0.39, 0.29) is 12.2 Å². The van der Waals surface area contributed by atoms with Crippen molar-refractivity contribution in [1.82, 2.24) is 10.6 Å². The van der Waals surface area contributed by atoms with Crippen LogP contribution >= 0.6 is 0 Å². The van der Waals surface area contributed by atoms with E-state index < -0.39 is 54.2 Å². The number of carbonyl (C=O) groups is 4. The van der Waals surface area contributed by atoms with Crippen LogP contribution < -0.4 is 16.4 Å². The Morgan fingerprint density at radius 3 is 2.04 bits per heavy atom. The van der Waals surface area contributed by atoms with Gasteiger partial charge < -0.3 is 31.7 Å². The Morgan fingerprint density at radius 1 is 1.00 bits per heavy atom. The molecule has 0 aliphatic carbocycles. The Labute approximate surface area is 161 Å². The lowest BCUT2D eigenvalue weighted by molar-refractivity contribution is -0.143. The van der Waals surface area contributed by atoms with E-state index in [0.717, 1.165) is 0 Å². The number of aliphatic carboxylic acids is 2. The second-order valence-electron chi connectivity index (χ2n) is 6.70. The van der Waals surface area contributed by atoms with Gasteiger partial charge in [0, 0.05) is 6.42 Å². The van der Waals surface area contributed by atoms with E-state index in [1.165, 1.54) is 24.3 Å². The van der Waals surface area contributed by atoms with Crippen molar-refractivity contribution in [3.8, 4) is 5.75 Å². The molecule has 1 rings (SSSR count). The van der Waals surface area contributed by atoms with Crippen LogP contribution in [-0.4, -0.2) is 57.2 Å². The summed E-state index contributed by atoms with van der Waals surface area (Å²) in [6, 6.07) is 2.18. The number of amides is 2. The van der Waals surface area contributed by atoms with Gasteiger partial charge in [-0.2, -0.15) is 0 Å². The molecule has 0 heterocycles. The minimum atomic E-state index is -1.33. The number of hydrogen-bond donors (Lipinski definition) is 6. The monoisotopic (exact) mass is 395 g/mol. The lowest BCUT2D eigenvalue weighted by Crippen LogP contribution is -2.56. The first kappa shape index (κ1) is 22.9. The molecule has 10 heteroatoms. The molecule has 3 unspecified atom stereocenters. The highest BCUT2D eigenvalue weighted by molar-refractivity contribution is 5.93. The molecule has 0 bridgehead atoms. The molecular formula is C18H25N3O7. The first-order chi connectivity index (χ1) is 13.0. The fourth-order valence-corrected chi connectivity index (χ4v) is 2.41. The Hall–Kier alpha value is -3.14. The van der Waals surface area contributed by atoms with Gasteiger partial charge in [-0.3, -0.25) is 14.4 Å². The highest BCUT2D eigenvalue weighted by Gasteiger charge is 2.30. The van der Waals surface area contributed by atoms with Gasteiger partial charge in [0.1, 0.15) is 17.8 Å². The molecule has 0 radical (unpaired) electrons. The molecule has 0 fully saturated rings. The molecular weight excluding hydrogens is 370 g/mol. The summed E-state index contributed by atoms with van der Waals surface area (Å²) in [6.45, 7) is 3.28. The first-order valence-electron chi connectivity index (χ1n) is 8.60. The van der Waals surface area contributed by atoms with Gasteiger partial charge >= 0.3 is 11.9 Å². The largest absolute Gasteiger partial charge is 0.508 e. The molecule has 0 aromatic heterocycles. The molecule has 154 valence electrons. The topological polar surface area (TPSA) is 179 Å². The molecule has 10 nitrogen and oxygen atoms in total. The third-order valence-corrected chi connectivity index (χ3v) is 3.97. The zero-order chi connectivity index (χ0) is 21.4. The van der Waals surface area contributed by atoms with Crippen molar-refractivity contribution in [3.63, 3.8) is 0 Å². The minimum Gasteiger partial charge on any atom is -0.508 e. The van der Waals surface area contributed by atoms with E-state index >= 15 is 0 Å². The van der Waals surface area contributed by atoms with E-state index in [1.807, 2.05) is 0 Å². The van der Waals surface area contributed by atoms with Crippen molar-refractivity contribution < 1.29 is 34.5 Å². The van der Waals surface area contributed by atoms with Crippen molar-refractivity contribution >= 4 is 23.8 Å². The number of nitrogens with two attached hydrogens (primary N) is 1. The zero-order valence-electron chi connectivity index (χ0n) is 15.6. The molecule has 1 aromatic rings. The minimum absolute atomic E-state index is 0.0277. The molecule has 0 saturated heterocycles. The van der Waals surface area contributed by atoms with Crippen LogP contribution in [0.1, 0.15) is 25.8 Å². The lowest BCUT2D eigenvalue weighted by Gasteiger charge is -2.25. The fourth-order valence-electron chi connectivity index (χ4n) is 2.41. The number of phenols is 1. The third kappa shape index (κ3) is 7.23. The summed E-state index contributed by atoms with van der Waals surface area (Å²) in [5.74, 6) is -4.44. The predicted octanol–water partition coefficient (Wildman–Crippen LogP) is -0.553. The summed E-state index contributed by atoms with van der Waals surface area (Å²) in [7, 11) is 0. The molecule has 0 saturated carbocycles. The number of phenolic OH excluding ortho intramolecular Hbond substituents is 1. The van der Waals surface area contributed by atoms with Crippen LogP contribution in [0.4, 0.5) is 0 Å². The number of carbonyl (C=O) groups excluding carboxylic acids is 2. The average molecular weight is 395 g/mol. The molecule has 0 aliphatic heterocycles. The van der Waals surface area contributed by atoms with Crippen LogP contribution in [-0.2, 0) is 25.6 Å². The highest BCUT2D eigenvalue weighted by atomic mass is 16.4. The summed E-state index contributed by atoms with van der Waals surface area (Å²) >= 11 is 0. The number of nitrogens with one attached hydrogen (secondary N) is 2. The van der Waals surface area contributed by atoms with Crippen LogP contribution in [0, 0.1) is 5.92 Å². The second kappa shape index (κ2) is 10.3. The van der Waals surface area contributed by atoms with E-state index in [1.54, 1.807) is 13.8 Å². The van der Waals surface area contributed by atoms with E-state index in [4.69, 9.17) is 10.8 Å². The third-order valence-electron chi connectivity index (χ3n) is 3.97. The Morgan fingerprint density at radius 2 is 1.57 bits per heavy atom. The highest BCUT2D eigenvalue weighted by Crippen LogP contribution is 2.12. The van der Waals surface area contributed by atoms with Crippen molar-refractivity contribution in [3.05, 3.63) is 29.8 Å². The van der Waals surface area contributed by atoms with Gasteiger partial charge in [0.25, 0.3) is 0 Å². The number of hydrogen-bond acceptors (Lipinski definition) is 6. The normalized spacial score (nSPS) is 14.0. The standard InChI is InChI=1S/C18H25N3O7/c1-9(2)15(21-16(25)12(19)8-14(23)24)17(26)20-13(18(27)28)7-10-3-5-11(22)6-4-10/h3-6,9,12-13,15,22H,7-8,19H2,1-2H3,(H,20,26)(H,21,25)(H,23,24)(H,27,28). The van der Waals surface area contributed by atoms with Gasteiger partial charge in [0.15, 0.2) is 0 Å². The van der Waals surface area contributed by atoms with Gasteiger partial charge in [-0.1, -0.05) is 26.0 Å². The summed E-state index contributed by atoms with van der Waals surface area (Å²) in [6.07, 6.45) is -0.629. The number of benzene rings is 1. The smallest absolute Gasteiger partial charge is 0.326 e. The van der Waals surface area contributed by atoms with Crippen LogP contribution in [0.5, 0.6) is 5.75 Å². The number of rotatable bonds is 10. The van der Waals surface area contributed by atoms with Crippen molar-refractivity contribution in [2.75, 3.05) is 0 Å². The van der Waals surface area contributed by atoms with Crippen LogP contribution in [0.2, 0.25) is 0 Å². The maximum Gasteiger partial charge on any atom is 0.326 e. The average Bonchev–Trinajstić information content (AvgIpc) is 2.59. The number of carboxylic acid groups (broad SMARTS) is 2. The van der Waals surface area contributed by atoms with Crippen LogP contribution in [0.3, 0.4) is 0 Å². The number of carboxylic acids is 2. The maximum atomic E-state index is 12.5. The zero-order valence-corrected chi connectivity index (χ0v) is 15.6. The van der Waals surface area contributed by atoms with Gasteiger partial charge in [-0.15, -0.1) is 0 Å². The van der Waals surface area contributed by atoms with Crippen LogP contribution in [0.25, 0.3) is 0 Å². The van der Waals surface area contributed by atoms with Crippen molar-refractivity contribution in [1.29, 1.82) is 0 Å². The lowest BCUT2D eigenvalue weighted by atomic mass is 10.0. The molecule has 7 N–H and O–H groups in total. The fraction of sp³-hybridized carbons (Fsp3) is 0.444. The van der Waals surface area contributed by atoms with Gasteiger partial charge in [0.05, 0.1) is 12.5 Å². The summed E-state index contributed by atoms with van der Waals surface area (Å²) in [5, 5.41) is 32.1. The Balaban J connectivity index is 2.83. The number of aromatic hydroxyl groups is 1. The molecule has 0 aliphatic rings. The summed E-state index contributed by atoms with van der Waals surface area (Å²) < 4.78 is 0. The van der Waals surface area contributed by atoms with E-state index in [2.05, 4.69) is 10.6 Å². The summed E-state index contributed by atoms with van der Waals surface area (Å²) in [5.41, 5.74) is 6.07. The molecule has 0 spiro atoms. The van der Waals surface area contributed by atoms with Crippen molar-refractivity contribution in [2.45, 2.75) is 44.8 Å². The Bertz CT molecular complexity index is 718. The summed E-state index contributed by atoms with van der Waals surface area (Å²) in [4.78, 5) is 46.7. The molecule has 2 amide bonds.